The molecular weight excluding hydrogens is 395 g/mol. The second-order valence-electron chi connectivity index (χ2n) is 6.86. The van der Waals surface area contributed by atoms with Crippen LogP contribution in [0.3, 0.4) is 0 Å². The lowest BCUT2D eigenvalue weighted by molar-refractivity contribution is -0.155. The molecule has 0 saturated carbocycles. The zero-order chi connectivity index (χ0) is 18.9. The first-order chi connectivity index (χ1) is 11.5. The monoisotopic (exact) mass is 414 g/mol. The van der Waals surface area contributed by atoms with Crippen LogP contribution in [0.4, 0.5) is 4.39 Å². The first-order valence-corrected chi connectivity index (χ1v) is 8.59. The maximum atomic E-state index is 14.0. The first-order valence-electron chi connectivity index (χ1n) is 7.80. The maximum Gasteiger partial charge on any atom is 0.306 e. The summed E-state index contributed by atoms with van der Waals surface area (Å²) in [5.41, 5.74) is 5.16. The molecule has 1 unspecified atom stereocenters. The van der Waals surface area contributed by atoms with Crippen LogP contribution in [-0.2, 0) is 20.9 Å². The largest absolute Gasteiger partial charge is 0.460 e. The van der Waals surface area contributed by atoms with Crippen molar-refractivity contribution in [2.24, 2.45) is 5.73 Å². The minimum Gasteiger partial charge on any atom is -0.460 e. The van der Waals surface area contributed by atoms with Crippen molar-refractivity contribution in [3.8, 4) is 0 Å². The average Bonchev–Trinajstić information content (AvgIpc) is 2.80. The third kappa shape index (κ3) is 4.36. The Morgan fingerprint density at radius 3 is 2.56 bits per heavy atom. The number of fused-ring (bicyclic) bond motifs is 1. The number of benzene rings is 1. The van der Waals surface area contributed by atoms with E-state index < -0.39 is 35.2 Å². The Morgan fingerprint density at radius 2 is 2.04 bits per heavy atom. The first kappa shape index (κ1) is 19.4. The molecule has 2 rings (SSSR count). The van der Waals surface area contributed by atoms with Crippen LogP contribution in [0.1, 0.15) is 49.5 Å². The summed E-state index contributed by atoms with van der Waals surface area (Å²) in [5, 5.41) is 0. The number of primary amides is 1. The Labute approximate surface area is 153 Å². The van der Waals surface area contributed by atoms with Crippen molar-refractivity contribution in [3.63, 3.8) is 0 Å². The van der Waals surface area contributed by atoms with Crippen LogP contribution in [-0.4, -0.2) is 34.3 Å². The van der Waals surface area contributed by atoms with Gasteiger partial charge in [-0.05, 0) is 39.3 Å². The molecule has 0 spiro atoms. The number of hydrogen-bond acceptors (Lipinski definition) is 4. The minimum atomic E-state index is -1.02. The number of hydrogen-bond donors (Lipinski definition) is 1. The van der Waals surface area contributed by atoms with E-state index in [0.29, 0.717) is 10.0 Å². The van der Waals surface area contributed by atoms with Crippen molar-refractivity contribution in [2.75, 3.05) is 0 Å². The van der Waals surface area contributed by atoms with Gasteiger partial charge in [0.25, 0.3) is 5.91 Å². The number of esters is 1. The van der Waals surface area contributed by atoms with Crippen molar-refractivity contribution in [3.05, 3.63) is 33.5 Å². The quantitative estimate of drug-likeness (QED) is 0.749. The van der Waals surface area contributed by atoms with Crippen molar-refractivity contribution in [1.29, 1.82) is 0 Å². The Morgan fingerprint density at radius 1 is 1.40 bits per heavy atom. The summed E-state index contributed by atoms with van der Waals surface area (Å²) in [5.74, 6) is -2.50. The highest BCUT2D eigenvalue weighted by Gasteiger charge is 2.38. The number of ether oxygens (including phenoxy) is 1. The van der Waals surface area contributed by atoms with E-state index in [2.05, 4.69) is 15.9 Å². The van der Waals surface area contributed by atoms with Gasteiger partial charge in [0.2, 0.25) is 5.91 Å². The van der Waals surface area contributed by atoms with Crippen molar-refractivity contribution < 1.29 is 23.5 Å². The highest BCUT2D eigenvalue weighted by atomic mass is 79.9. The zero-order valence-corrected chi connectivity index (χ0v) is 15.9. The molecule has 0 aliphatic carbocycles. The molecule has 1 aliphatic rings. The molecule has 0 aromatic heterocycles. The molecule has 1 atom stereocenters. The van der Waals surface area contributed by atoms with E-state index in [1.165, 1.54) is 17.0 Å². The predicted octanol–water partition coefficient (Wildman–Crippen LogP) is 2.52. The van der Waals surface area contributed by atoms with E-state index in [0.717, 1.165) is 0 Å². The van der Waals surface area contributed by atoms with Crippen LogP contribution in [0.5, 0.6) is 0 Å². The van der Waals surface area contributed by atoms with Crippen LogP contribution in [0.25, 0.3) is 0 Å². The van der Waals surface area contributed by atoms with Gasteiger partial charge in [0, 0.05) is 23.0 Å². The summed E-state index contributed by atoms with van der Waals surface area (Å²) in [6, 6.07) is 1.67. The van der Waals surface area contributed by atoms with E-state index in [1.807, 2.05) is 0 Å². The SMILES string of the molecule is CC(C)(C)OC(=O)CCC(C(N)=O)N1Cc2c(Br)ccc(F)c2C1=O. The van der Waals surface area contributed by atoms with Gasteiger partial charge < -0.3 is 15.4 Å². The van der Waals surface area contributed by atoms with Gasteiger partial charge in [0.05, 0.1) is 5.56 Å². The molecule has 1 heterocycles. The van der Waals surface area contributed by atoms with Gasteiger partial charge in [-0.3, -0.25) is 14.4 Å². The minimum absolute atomic E-state index is 0.0171. The molecule has 136 valence electrons. The van der Waals surface area contributed by atoms with Crippen LogP contribution in [0.2, 0.25) is 0 Å². The standard InChI is InChI=1S/C17H20BrFN2O4/c1-17(2,3)25-13(22)7-6-12(15(20)23)21-8-9-10(18)4-5-11(19)14(9)16(21)24/h4-5,12H,6-8H2,1-3H3,(H2,20,23). The van der Waals surface area contributed by atoms with Gasteiger partial charge in [0.1, 0.15) is 17.5 Å². The molecule has 1 aliphatic heterocycles. The molecule has 0 radical (unpaired) electrons. The second kappa shape index (κ2) is 7.11. The third-order valence-electron chi connectivity index (χ3n) is 3.75. The Kier molecular flexibility index (Phi) is 5.51. The molecular formula is C17H20BrFN2O4. The van der Waals surface area contributed by atoms with E-state index >= 15 is 0 Å². The lowest BCUT2D eigenvalue weighted by Crippen LogP contribution is -2.45. The van der Waals surface area contributed by atoms with Gasteiger partial charge in [0.15, 0.2) is 0 Å². The molecule has 2 amide bonds. The molecule has 1 aromatic carbocycles. The fourth-order valence-electron chi connectivity index (χ4n) is 2.72. The summed E-state index contributed by atoms with van der Waals surface area (Å²) < 4.78 is 19.8. The predicted molar refractivity (Wildman–Crippen MR) is 92.0 cm³/mol. The number of carbonyl (C=O) groups is 3. The lowest BCUT2D eigenvalue weighted by atomic mass is 10.1. The fourth-order valence-corrected chi connectivity index (χ4v) is 3.17. The van der Waals surface area contributed by atoms with Crippen LogP contribution < -0.4 is 5.73 Å². The van der Waals surface area contributed by atoms with Crippen molar-refractivity contribution >= 4 is 33.7 Å². The third-order valence-corrected chi connectivity index (χ3v) is 4.50. The maximum absolute atomic E-state index is 14.0. The van der Waals surface area contributed by atoms with Gasteiger partial charge >= 0.3 is 5.97 Å². The van der Waals surface area contributed by atoms with Gasteiger partial charge in [-0.25, -0.2) is 4.39 Å². The van der Waals surface area contributed by atoms with Crippen LogP contribution in [0, 0.1) is 5.82 Å². The lowest BCUT2D eigenvalue weighted by Gasteiger charge is -2.25. The summed E-state index contributed by atoms with van der Waals surface area (Å²) in [4.78, 5) is 37.4. The molecule has 0 fully saturated rings. The Hall–Kier alpha value is -1.96. The van der Waals surface area contributed by atoms with Gasteiger partial charge in [-0.15, -0.1) is 0 Å². The summed E-state index contributed by atoms with van der Waals surface area (Å²) in [6.07, 6.45) is -0.0577. The molecule has 25 heavy (non-hydrogen) atoms. The number of halogens is 2. The molecule has 1 aromatic rings. The number of rotatable bonds is 5. The zero-order valence-electron chi connectivity index (χ0n) is 14.3. The summed E-state index contributed by atoms with van der Waals surface area (Å²) in [6.45, 7) is 5.25. The fraction of sp³-hybridized carbons (Fsp3) is 0.471. The van der Waals surface area contributed by atoms with Gasteiger partial charge in [-0.2, -0.15) is 0 Å². The number of amides is 2. The second-order valence-corrected chi connectivity index (χ2v) is 7.71. The van der Waals surface area contributed by atoms with E-state index in [9.17, 15) is 18.8 Å². The topological polar surface area (TPSA) is 89.7 Å². The van der Waals surface area contributed by atoms with Crippen LogP contribution in [0.15, 0.2) is 16.6 Å². The smallest absolute Gasteiger partial charge is 0.306 e. The molecule has 2 N–H and O–H groups in total. The Bertz CT molecular complexity index is 730. The van der Waals surface area contributed by atoms with Crippen LogP contribution >= 0.6 is 15.9 Å². The summed E-state index contributed by atoms with van der Waals surface area (Å²) in [7, 11) is 0. The van der Waals surface area contributed by atoms with Gasteiger partial charge in [-0.1, -0.05) is 15.9 Å². The van der Waals surface area contributed by atoms with Crippen molar-refractivity contribution in [1.82, 2.24) is 4.90 Å². The normalized spacial score (nSPS) is 15.1. The number of nitrogens with two attached hydrogens (primary N) is 1. The highest BCUT2D eigenvalue weighted by Crippen LogP contribution is 2.33. The number of carbonyl (C=O) groups excluding carboxylic acids is 3. The van der Waals surface area contributed by atoms with E-state index in [1.54, 1.807) is 20.8 Å². The molecule has 6 nitrogen and oxygen atoms in total. The van der Waals surface area contributed by atoms with Crippen molar-refractivity contribution in [2.45, 2.75) is 51.8 Å². The van der Waals surface area contributed by atoms with E-state index in [-0.39, 0.29) is 24.9 Å². The molecule has 0 bridgehead atoms. The number of nitrogens with zero attached hydrogens (tertiary/aromatic N) is 1. The molecule has 0 saturated heterocycles. The summed E-state index contributed by atoms with van der Waals surface area (Å²) >= 11 is 3.28. The highest BCUT2D eigenvalue weighted by molar-refractivity contribution is 9.10. The molecule has 8 heteroatoms. The van der Waals surface area contributed by atoms with E-state index in [4.69, 9.17) is 10.5 Å². The Balaban J connectivity index is 2.16. The average molecular weight is 415 g/mol.